The van der Waals surface area contributed by atoms with E-state index in [1.54, 1.807) is 7.05 Å². The highest BCUT2D eigenvalue weighted by molar-refractivity contribution is 5.81. The van der Waals surface area contributed by atoms with Crippen molar-refractivity contribution in [1.82, 2.24) is 25.8 Å². The molecule has 0 aliphatic rings. The molecule has 0 bridgehead atoms. The van der Waals surface area contributed by atoms with Crippen LogP contribution in [0.25, 0.3) is 0 Å². The topological polar surface area (TPSA) is 82.7 Å². The number of aryl methyl sites for hydroxylation is 1. The molecule has 1 atom stereocenters. The van der Waals surface area contributed by atoms with E-state index in [0.717, 1.165) is 18.7 Å². The van der Waals surface area contributed by atoms with Gasteiger partial charge in [0.05, 0.1) is 6.04 Å². The van der Waals surface area contributed by atoms with Crippen molar-refractivity contribution in [1.29, 1.82) is 0 Å². The van der Waals surface area contributed by atoms with Gasteiger partial charge in [-0.15, -0.1) is 0 Å². The van der Waals surface area contributed by atoms with Crippen molar-refractivity contribution in [3.05, 3.63) is 12.2 Å². The van der Waals surface area contributed by atoms with Gasteiger partial charge in [0.25, 0.3) is 0 Å². The molecule has 0 saturated heterocycles. The quantitative estimate of drug-likeness (QED) is 0.552. The Labute approximate surface area is 88.9 Å². The van der Waals surface area contributed by atoms with E-state index in [0.29, 0.717) is 6.54 Å². The maximum Gasteiger partial charge on any atom is 0.236 e. The molecular weight excluding hydrogens is 194 g/mol. The Balaban J connectivity index is 2.09. The Kier molecular flexibility index (Phi) is 4.76. The number of H-pyrrole nitrogens is 1. The van der Waals surface area contributed by atoms with Crippen LogP contribution in [0.3, 0.4) is 0 Å². The van der Waals surface area contributed by atoms with E-state index in [9.17, 15) is 4.79 Å². The SMILES string of the molecule is CNC(C)C(=O)NCCCc1ncn[nH]1. The van der Waals surface area contributed by atoms with Crippen LogP contribution in [0.4, 0.5) is 0 Å². The molecule has 0 aromatic carbocycles. The zero-order valence-corrected chi connectivity index (χ0v) is 9.08. The Morgan fingerprint density at radius 3 is 3.07 bits per heavy atom. The third-order valence-electron chi connectivity index (χ3n) is 2.18. The van der Waals surface area contributed by atoms with E-state index >= 15 is 0 Å². The van der Waals surface area contributed by atoms with Crippen molar-refractivity contribution in [2.24, 2.45) is 0 Å². The summed E-state index contributed by atoms with van der Waals surface area (Å²) in [4.78, 5) is 15.3. The standard InChI is InChI=1S/C9H17N5O/c1-7(10-2)9(15)11-5-3-4-8-12-6-13-14-8/h6-7,10H,3-5H2,1-2H3,(H,11,15)(H,12,13,14). The summed E-state index contributed by atoms with van der Waals surface area (Å²) in [6.07, 6.45) is 3.14. The number of carbonyl (C=O) groups is 1. The first-order valence-electron chi connectivity index (χ1n) is 5.03. The Morgan fingerprint density at radius 1 is 1.67 bits per heavy atom. The molecule has 0 aliphatic heterocycles. The Bertz CT molecular complexity index is 285. The first-order valence-corrected chi connectivity index (χ1v) is 5.03. The van der Waals surface area contributed by atoms with Crippen molar-refractivity contribution in [3.63, 3.8) is 0 Å². The summed E-state index contributed by atoms with van der Waals surface area (Å²) in [7, 11) is 1.76. The smallest absolute Gasteiger partial charge is 0.236 e. The number of likely N-dealkylation sites (N-methyl/N-ethyl adjacent to an activating group) is 1. The number of amides is 1. The summed E-state index contributed by atoms with van der Waals surface area (Å²) >= 11 is 0. The second-order valence-electron chi connectivity index (χ2n) is 3.34. The molecule has 1 heterocycles. The number of carbonyl (C=O) groups excluding carboxylic acids is 1. The van der Waals surface area contributed by atoms with E-state index in [4.69, 9.17) is 0 Å². The fourth-order valence-electron chi connectivity index (χ4n) is 1.10. The molecular formula is C9H17N5O. The number of hydrogen-bond acceptors (Lipinski definition) is 4. The summed E-state index contributed by atoms with van der Waals surface area (Å²) in [5, 5.41) is 12.2. The van der Waals surface area contributed by atoms with Crippen molar-refractivity contribution in [2.75, 3.05) is 13.6 Å². The average Bonchev–Trinajstić information content (AvgIpc) is 2.75. The van der Waals surface area contributed by atoms with Crippen molar-refractivity contribution >= 4 is 5.91 Å². The molecule has 1 aromatic rings. The van der Waals surface area contributed by atoms with Crippen LogP contribution < -0.4 is 10.6 Å². The molecule has 1 aromatic heterocycles. The summed E-state index contributed by atoms with van der Waals surface area (Å²) in [6.45, 7) is 2.48. The average molecular weight is 211 g/mol. The van der Waals surface area contributed by atoms with Crippen molar-refractivity contribution in [2.45, 2.75) is 25.8 Å². The summed E-state index contributed by atoms with van der Waals surface area (Å²) in [5.41, 5.74) is 0. The molecule has 84 valence electrons. The van der Waals surface area contributed by atoms with E-state index < -0.39 is 0 Å². The predicted octanol–water partition coefficient (Wildman–Crippen LogP) is -0.539. The van der Waals surface area contributed by atoms with Gasteiger partial charge in [-0.2, -0.15) is 5.10 Å². The summed E-state index contributed by atoms with van der Waals surface area (Å²) in [5.74, 6) is 0.876. The van der Waals surface area contributed by atoms with Gasteiger partial charge in [0.1, 0.15) is 12.2 Å². The lowest BCUT2D eigenvalue weighted by Gasteiger charge is -2.10. The lowest BCUT2D eigenvalue weighted by molar-refractivity contribution is -0.122. The molecule has 6 nitrogen and oxygen atoms in total. The van der Waals surface area contributed by atoms with E-state index in [1.807, 2.05) is 6.92 Å². The monoisotopic (exact) mass is 211 g/mol. The second kappa shape index (κ2) is 6.13. The minimum Gasteiger partial charge on any atom is -0.355 e. The first kappa shape index (κ1) is 11.6. The van der Waals surface area contributed by atoms with Crippen molar-refractivity contribution < 1.29 is 4.79 Å². The zero-order valence-electron chi connectivity index (χ0n) is 9.08. The lowest BCUT2D eigenvalue weighted by Crippen LogP contribution is -2.40. The number of aromatic nitrogens is 3. The molecule has 0 saturated carbocycles. The number of nitrogens with one attached hydrogen (secondary N) is 3. The van der Waals surface area contributed by atoms with Crippen LogP contribution in [-0.2, 0) is 11.2 Å². The molecule has 15 heavy (non-hydrogen) atoms. The molecule has 0 spiro atoms. The van der Waals surface area contributed by atoms with Crippen molar-refractivity contribution in [3.8, 4) is 0 Å². The van der Waals surface area contributed by atoms with E-state index in [2.05, 4.69) is 25.8 Å². The Morgan fingerprint density at radius 2 is 2.47 bits per heavy atom. The summed E-state index contributed by atoms with van der Waals surface area (Å²) in [6, 6.07) is -0.143. The van der Waals surface area contributed by atoms with Gasteiger partial charge in [-0.25, -0.2) is 4.98 Å². The van der Waals surface area contributed by atoms with Gasteiger partial charge in [0, 0.05) is 13.0 Å². The third kappa shape index (κ3) is 4.07. The highest BCUT2D eigenvalue weighted by Crippen LogP contribution is 1.91. The molecule has 3 N–H and O–H groups in total. The molecule has 1 amide bonds. The second-order valence-corrected chi connectivity index (χ2v) is 3.34. The van der Waals surface area contributed by atoms with Gasteiger partial charge in [0.2, 0.25) is 5.91 Å². The zero-order chi connectivity index (χ0) is 11.1. The lowest BCUT2D eigenvalue weighted by atomic mass is 10.2. The van der Waals surface area contributed by atoms with Crippen LogP contribution in [0.1, 0.15) is 19.2 Å². The normalized spacial score (nSPS) is 12.4. The van der Waals surface area contributed by atoms with Crippen LogP contribution in [-0.4, -0.2) is 40.7 Å². The van der Waals surface area contributed by atoms with Gasteiger partial charge in [-0.1, -0.05) is 0 Å². The van der Waals surface area contributed by atoms with E-state index in [1.165, 1.54) is 6.33 Å². The molecule has 6 heteroatoms. The van der Waals surface area contributed by atoms with Gasteiger partial charge < -0.3 is 10.6 Å². The van der Waals surface area contributed by atoms with Crippen LogP contribution in [0, 0.1) is 0 Å². The Hall–Kier alpha value is -1.43. The number of aromatic amines is 1. The maximum atomic E-state index is 11.3. The van der Waals surface area contributed by atoms with Gasteiger partial charge in [-0.05, 0) is 20.4 Å². The molecule has 0 radical (unpaired) electrons. The minimum absolute atomic E-state index is 0.0232. The van der Waals surface area contributed by atoms with Crippen LogP contribution in [0.5, 0.6) is 0 Å². The summed E-state index contributed by atoms with van der Waals surface area (Å²) < 4.78 is 0. The minimum atomic E-state index is -0.143. The van der Waals surface area contributed by atoms with E-state index in [-0.39, 0.29) is 11.9 Å². The molecule has 1 unspecified atom stereocenters. The fraction of sp³-hybridized carbons (Fsp3) is 0.667. The largest absolute Gasteiger partial charge is 0.355 e. The predicted molar refractivity (Wildman–Crippen MR) is 56.2 cm³/mol. The first-order chi connectivity index (χ1) is 7.24. The van der Waals surface area contributed by atoms with Gasteiger partial charge >= 0.3 is 0 Å². The van der Waals surface area contributed by atoms with Crippen LogP contribution >= 0.6 is 0 Å². The fourth-order valence-corrected chi connectivity index (χ4v) is 1.10. The van der Waals surface area contributed by atoms with Crippen LogP contribution in [0.15, 0.2) is 6.33 Å². The number of nitrogens with zero attached hydrogens (tertiary/aromatic N) is 2. The van der Waals surface area contributed by atoms with Gasteiger partial charge in [0.15, 0.2) is 0 Å². The highest BCUT2D eigenvalue weighted by atomic mass is 16.2. The molecule has 1 rings (SSSR count). The molecule has 0 fully saturated rings. The highest BCUT2D eigenvalue weighted by Gasteiger charge is 2.08. The maximum absolute atomic E-state index is 11.3. The third-order valence-corrected chi connectivity index (χ3v) is 2.18. The number of hydrogen-bond donors (Lipinski definition) is 3. The van der Waals surface area contributed by atoms with Gasteiger partial charge in [-0.3, -0.25) is 9.89 Å². The molecule has 0 aliphatic carbocycles. The van der Waals surface area contributed by atoms with Crippen LogP contribution in [0.2, 0.25) is 0 Å². The number of rotatable bonds is 6.